The fraction of sp³-hybridized carbons (Fsp3) is 0.435. The number of rotatable bonds is 4. The molecule has 2 bridgehead atoms. The summed E-state index contributed by atoms with van der Waals surface area (Å²) in [5.41, 5.74) is 2.95. The summed E-state index contributed by atoms with van der Waals surface area (Å²) in [6.45, 7) is 2.85. The van der Waals surface area contributed by atoms with Crippen LogP contribution in [-0.2, 0) is 6.54 Å². The molecule has 27 heavy (non-hydrogen) atoms. The minimum Gasteiger partial charge on any atom is -0.349 e. The van der Waals surface area contributed by atoms with Crippen molar-refractivity contribution in [1.82, 2.24) is 10.2 Å². The van der Waals surface area contributed by atoms with Gasteiger partial charge in [-0.15, -0.1) is 0 Å². The van der Waals surface area contributed by atoms with E-state index >= 15 is 0 Å². The monoisotopic (exact) mass is 366 g/mol. The lowest BCUT2D eigenvalue weighted by atomic mass is 9.81. The molecule has 2 aromatic carbocycles. The predicted molar refractivity (Wildman–Crippen MR) is 105 cm³/mol. The molecule has 4 rings (SSSR count). The Kier molecular flexibility index (Phi) is 5.26. The third-order valence-electron chi connectivity index (χ3n) is 6.13. The van der Waals surface area contributed by atoms with Crippen LogP contribution in [0.4, 0.5) is 4.39 Å². The van der Waals surface area contributed by atoms with Gasteiger partial charge in [0.25, 0.3) is 5.91 Å². The van der Waals surface area contributed by atoms with Crippen LogP contribution in [0.25, 0.3) is 0 Å². The molecule has 1 unspecified atom stereocenters. The Morgan fingerprint density at radius 2 is 1.74 bits per heavy atom. The lowest BCUT2D eigenvalue weighted by Gasteiger charge is -2.49. The van der Waals surface area contributed by atoms with Gasteiger partial charge in [-0.3, -0.25) is 9.69 Å². The summed E-state index contributed by atoms with van der Waals surface area (Å²) in [5.74, 6) is -0.139. The van der Waals surface area contributed by atoms with Gasteiger partial charge in [-0.05, 0) is 61.9 Å². The van der Waals surface area contributed by atoms with Crippen molar-refractivity contribution in [1.29, 1.82) is 0 Å². The highest BCUT2D eigenvalue weighted by Gasteiger charge is 2.38. The highest BCUT2D eigenvalue weighted by molar-refractivity contribution is 5.95. The first-order valence-corrected chi connectivity index (χ1v) is 9.97. The first kappa shape index (κ1) is 18.2. The van der Waals surface area contributed by atoms with E-state index < -0.39 is 0 Å². The van der Waals surface area contributed by atoms with Crippen LogP contribution < -0.4 is 5.32 Å². The highest BCUT2D eigenvalue weighted by atomic mass is 19.1. The number of carbonyl (C=O) groups excluding carboxylic acids is 1. The highest BCUT2D eigenvalue weighted by Crippen LogP contribution is 2.35. The topological polar surface area (TPSA) is 32.3 Å². The zero-order valence-electron chi connectivity index (χ0n) is 15.8. The molecule has 2 aliphatic heterocycles. The van der Waals surface area contributed by atoms with Gasteiger partial charge in [-0.1, -0.05) is 36.8 Å². The molecule has 2 fully saturated rings. The third kappa shape index (κ3) is 4.06. The van der Waals surface area contributed by atoms with E-state index in [1.54, 1.807) is 12.1 Å². The zero-order chi connectivity index (χ0) is 18.8. The predicted octanol–water partition coefficient (Wildman–Crippen LogP) is 4.45. The minimum absolute atomic E-state index is 0.0446. The Hall–Kier alpha value is -2.20. The second-order valence-corrected chi connectivity index (χ2v) is 7.99. The van der Waals surface area contributed by atoms with E-state index in [2.05, 4.69) is 10.2 Å². The van der Waals surface area contributed by atoms with E-state index in [1.165, 1.54) is 19.3 Å². The maximum absolute atomic E-state index is 13.2. The van der Waals surface area contributed by atoms with Crippen molar-refractivity contribution in [2.75, 3.05) is 0 Å². The molecule has 3 nitrogen and oxygen atoms in total. The van der Waals surface area contributed by atoms with Crippen molar-refractivity contribution in [2.24, 2.45) is 0 Å². The maximum atomic E-state index is 13.2. The van der Waals surface area contributed by atoms with Crippen molar-refractivity contribution in [2.45, 2.75) is 63.7 Å². The normalized spacial score (nSPS) is 25.2. The Labute approximate surface area is 160 Å². The molecule has 142 valence electrons. The second-order valence-electron chi connectivity index (χ2n) is 7.99. The van der Waals surface area contributed by atoms with Gasteiger partial charge in [0.1, 0.15) is 5.82 Å². The third-order valence-corrected chi connectivity index (χ3v) is 6.13. The summed E-state index contributed by atoms with van der Waals surface area (Å²) in [5, 5.41) is 3.28. The van der Waals surface area contributed by atoms with E-state index in [0.717, 1.165) is 36.1 Å². The minimum atomic E-state index is -0.184. The Balaban J connectivity index is 1.42. The summed E-state index contributed by atoms with van der Waals surface area (Å²) in [6.07, 6.45) is 5.60. The van der Waals surface area contributed by atoms with Gasteiger partial charge in [0.2, 0.25) is 0 Å². The van der Waals surface area contributed by atoms with Gasteiger partial charge in [0, 0.05) is 30.2 Å². The second kappa shape index (κ2) is 7.81. The number of benzene rings is 2. The molecule has 1 amide bonds. The molecule has 0 saturated carbocycles. The molecule has 2 heterocycles. The summed E-state index contributed by atoms with van der Waals surface area (Å²) >= 11 is 0. The molecule has 0 radical (unpaired) electrons. The van der Waals surface area contributed by atoms with Crippen molar-refractivity contribution in [3.05, 3.63) is 71.0 Å². The van der Waals surface area contributed by atoms with Gasteiger partial charge in [-0.25, -0.2) is 4.39 Å². The van der Waals surface area contributed by atoms with Gasteiger partial charge >= 0.3 is 0 Å². The van der Waals surface area contributed by atoms with Crippen LogP contribution >= 0.6 is 0 Å². The number of amides is 1. The standard InChI is InChI=1S/C23H27FN2O/c1-16-5-2-3-8-22(16)23(27)25-19-13-20-6-4-7-21(14-19)26(20)15-17-9-11-18(24)12-10-17/h2-3,5,8-12,19-21H,4,6-7,13-15H2,1H3,(H,25,27)/t19?,20-,21+. The van der Waals surface area contributed by atoms with Crippen molar-refractivity contribution in [3.8, 4) is 0 Å². The number of nitrogens with one attached hydrogen (secondary N) is 1. The smallest absolute Gasteiger partial charge is 0.251 e. The van der Waals surface area contributed by atoms with E-state index in [9.17, 15) is 9.18 Å². The molecule has 2 aromatic rings. The maximum Gasteiger partial charge on any atom is 0.251 e. The van der Waals surface area contributed by atoms with Gasteiger partial charge in [0.05, 0.1) is 0 Å². The lowest BCUT2D eigenvalue weighted by molar-refractivity contribution is 0.0177. The Morgan fingerprint density at radius 3 is 2.41 bits per heavy atom. The molecule has 2 saturated heterocycles. The summed E-state index contributed by atoms with van der Waals surface area (Å²) in [7, 11) is 0. The first-order chi connectivity index (χ1) is 13.1. The molecule has 4 heteroatoms. The van der Waals surface area contributed by atoms with E-state index in [0.29, 0.717) is 12.1 Å². The van der Waals surface area contributed by atoms with Crippen molar-refractivity contribution in [3.63, 3.8) is 0 Å². The molecular weight excluding hydrogens is 339 g/mol. The molecular formula is C23H27FN2O. The van der Waals surface area contributed by atoms with E-state index in [1.807, 2.05) is 43.3 Å². The van der Waals surface area contributed by atoms with Gasteiger partial charge < -0.3 is 5.32 Å². The fourth-order valence-electron chi connectivity index (χ4n) is 4.75. The molecule has 2 aliphatic rings. The van der Waals surface area contributed by atoms with Crippen LogP contribution in [0.2, 0.25) is 0 Å². The first-order valence-electron chi connectivity index (χ1n) is 9.97. The lowest BCUT2D eigenvalue weighted by Crippen LogP contribution is -2.56. The van der Waals surface area contributed by atoms with Crippen LogP contribution in [0.1, 0.15) is 53.6 Å². The van der Waals surface area contributed by atoms with Gasteiger partial charge in [-0.2, -0.15) is 0 Å². The summed E-state index contributed by atoms with van der Waals surface area (Å²) in [6, 6.07) is 15.8. The number of hydrogen-bond acceptors (Lipinski definition) is 2. The Bertz CT molecular complexity index is 790. The number of nitrogens with zero attached hydrogens (tertiary/aromatic N) is 1. The number of carbonyl (C=O) groups is 1. The number of fused-ring (bicyclic) bond motifs is 2. The largest absolute Gasteiger partial charge is 0.349 e. The van der Waals surface area contributed by atoms with Crippen LogP contribution in [0.5, 0.6) is 0 Å². The summed E-state index contributed by atoms with van der Waals surface area (Å²) in [4.78, 5) is 15.3. The van der Waals surface area contributed by atoms with Crippen LogP contribution in [0.15, 0.2) is 48.5 Å². The average molecular weight is 366 g/mol. The Morgan fingerprint density at radius 1 is 1.07 bits per heavy atom. The number of piperidine rings is 2. The quantitative estimate of drug-likeness (QED) is 0.867. The number of aryl methyl sites for hydroxylation is 1. The fourth-order valence-corrected chi connectivity index (χ4v) is 4.75. The SMILES string of the molecule is Cc1ccccc1C(=O)NC1C[C@H]2CCC[C@@H](C1)N2Cc1ccc(F)cc1. The van der Waals surface area contributed by atoms with Crippen LogP contribution in [0.3, 0.4) is 0 Å². The molecule has 1 N–H and O–H groups in total. The van der Waals surface area contributed by atoms with Crippen LogP contribution in [0, 0.1) is 12.7 Å². The van der Waals surface area contributed by atoms with E-state index in [4.69, 9.17) is 0 Å². The molecule has 3 atom stereocenters. The summed E-state index contributed by atoms with van der Waals surface area (Å²) < 4.78 is 13.2. The van der Waals surface area contributed by atoms with Crippen molar-refractivity contribution >= 4 is 5.91 Å². The number of halogens is 1. The van der Waals surface area contributed by atoms with Crippen molar-refractivity contribution < 1.29 is 9.18 Å². The van der Waals surface area contributed by atoms with Gasteiger partial charge in [0.15, 0.2) is 0 Å². The molecule has 0 spiro atoms. The van der Waals surface area contributed by atoms with E-state index in [-0.39, 0.29) is 17.8 Å². The molecule has 0 aliphatic carbocycles. The van der Waals surface area contributed by atoms with Crippen LogP contribution in [-0.4, -0.2) is 28.9 Å². The number of hydrogen-bond donors (Lipinski definition) is 1. The molecule has 0 aromatic heterocycles. The zero-order valence-corrected chi connectivity index (χ0v) is 15.8. The average Bonchev–Trinajstić information content (AvgIpc) is 2.64.